The van der Waals surface area contributed by atoms with Gasteiger partial charge in [0.25, 0.3) is 0 Å². The monoisotopic (exact) mass is 242 g/mol. The number of rotatable bonds is 7. The second-order valence-corrected chi connectivity index (χ2v) is 3.95. The predicted octanol–water partition coefficient (Wildman–Crippen LogP) is 1.71. The molecule has 0 bridgehead atoms. The van der Waals surface area contributed by atoms with Crippen LogP contribution in [-0.4, -0.2) is 28.9 Å². The van der Waals surface area contributed by atoms with Crippen LogP contribution in [0.3, 0.4) is 0 Å². The fourth-order valence-corrected chi connectivity index (χ4v) is 1.15. The van der Waals surface area contributed by atoms with Crippen LogP contribution >= 0.6 is 0 Å². The van der Waals surface area contributed by atoms with Gasteiger partial charge in [-0.05, 0) is 33.6 Å². The van der Waals surface area contributed by atoms with Crippen molar-refractivity contribution in [2.45, 2.75) is 46.1 Å². The summed E-state index contributed by atoms with van der Waals surface area (Å²) >= 11 is 0. The molecule has 0 heterocycles. The van der Waals surface area contributed by atoms with Gasteiger partial charge in [0.2, 0.25) is 0 Å². The van der Waals surface area contributed by atoms with E-state index in [0.717, 1.165) is 0 Å². The number of esters is 1. The molecule has 0 aromatic heterocycles. The minimum Gasteiger partial charge on any atom is -0.478 e. The van der Waals surface area contributed by atoms with Crippen molar-refractivity contribution in [2.75, 3.05) is 0 Å². The minimum absolute atomic E-state index is 0.214. The van der Waals surface area contributed by atoms with Crippen LogP contribution in [0.2, 0.25) is 0 Å². The standard InChI is InChI=1S/C12H18O5/c1-8(12(15)16)5-4-6-10(3)17-11(14)7-9(2)13/h5,10H,4,6-7H2,1-3H3,(H,15,16). The second-order valence-electron chi connectivity index (χ2n) is 3.95. The SMILES string of the molecule is CC(=O)CC(=O)OC(C)CCC=C(C)C(=O)O. The normalized spacial score (nSPS) is 13.0. The van der Waals surface area contributed by atoms with Gasteiger partial charge in [-0.2, -0.15) is 0 Å². The van der Waals surface area contributed by atoms with E-state index in [0.29, 0.717) is 12.8 Å². The van der Waals surface area contributed by atoms with Crippen LogP contribution in [0.4, 0.5) is 0 Å². The minimum atomic E-state index is -0.953. The Bertz CT molecular complexity index is 330. The van der Waals surface area contributed by atoms with Gasteiger partial charge in [-0.25, -0.2) is 4.79 Å². The first-order valence-corrected chi connectivity index (χ1v) is 5.42. The van der Waals surface area contributed by atoms with Gasteiger partial charge in [-0.3, -0.25) is 9.59 Å². The molecule has 0 fully saturated rings. The first-order chi connectivity index (χ1) is 7.82. The number of carbonyl (C=O) groups excluding carboxylic acids is 2. The quantitative estimate of drug-likeness (QED) is 0.417. The fraction of sp³-hybridized carbons (Fsp3) is 0.583. The molecule has 0 amide bonds. The van der Waals surface area contributed by atoms with Crippen molar-refractivity contribution >= 4 is 17.7 Å². The Morgan fingerprint density at radius 1 is 1.29 bits per heavy atom. The fourth-order valence-electron chi connectivity index (χ4n) is 1.15. The molecule has 1 atom stereocenters. The summed E-state index contributed by atoms with van der Waals surface area (Å²) in [4.78, 5) is 32.2. The summed E-state index contributed by atoms with van der Waals surface area (Å²) < 4.78 is 4.97. The highest BCUT2D eigenvalue weighted by atomic mass is 16.5. The van der Waals surface area contributed by atoms with Gasteiger partial charge in [0.05, 0.1) is 6.10 Å². The number of allylic oxidation sites excluding steroid dienone is 1. The van der Waals surface area contributed by atoms with E-state index in [1.165, 1.54) is 13.8 Å². The maximum atomic E-state index is 11.1. The van der Waals surface area contributed by atoms with E-state index >= 15 is 0 Å². The lowest BCUT2D eigenvalue weighted by molar-refractivity contribution is -0.150. The summed E-state index contributed by atoms with van der Waals surface area (Å²) in [5, 5.41) is 8.60. The van der Waals surface area contributed by atoms with Crippen LogP contribution in [0.25, 0.3) is 0 Å². The molecule has 17 heavy (non-hydrogen) atoms. The molecular formula is C12H18O5. The number of ketones is 1. The Hall–Kier alpha value is -1.65. The van der Waals surface area contributed by atoms with E-state index in [-0.39, 0.29) is 23.9 Å². The number of aliphatic carboxylic acids is 1. The average molecular weight is 242 g/mol. The molecule has 0 radical (unpaired) electrons. The van der Waals surface area contributed by atoms with Gasteiger partial charge < -0.3 is 9.84 Å². The van der Waals surface area contributed by atoms with Crippen molar-refractivity contribution in [3.63, 3.8) is 0 Å². The summed E-state index contributed by atoms with van der Waals surface area (Å²) in [6.45, 7) is 4.54. The molecule has 96 valence electrons. The van der Waals surface area contributed by atoms with E-state index < -0.39 is 11.9 Å². The van der Waals surface area contributed by atoms with E-state index in [1.54, 1.807) is 13.0 Å². The molecule has 5 heteroatoms. The topological polar surface area (TPSA) is 80.7 Å². The zero-order valence-corrected chi connectivity index (χ0v) is 10.4. The Kier molecular flexibility index (Phi) is 6.86. The number of carboxylic acids is 1. The van der Waals surface area contributed by atoms with Gasteiger partial charge in [0.1, 0.15) is 12.2 Å². The smallest absolute Gasteiger partial charge is 0.330 e. The van der Waals surface area contributed by atoms with Crippen LogP contribution in [0.1, 0.15) is 40.0 Å². The van der Waals surface area contributed by atoms with Crippen LogP contribution in [0.5, 0.6) is 0 Å². The molecule has 0 aliphatic carbocycles. The molecule has 0 spiro atoms. The third-order valence-corrected chi connectivity index (χ3v) is 2.09. The van der Waals surface area contributed by atoms with E-state index in [1.807, 2.05) is 0 Å². The molecule has 1 unspecified atom stereocenters. The van der Waals surface area contributed by atoms with Gasteiger partial charge in [-0.1, -0.05) is 6.08 Å². The molecule has 5 nitrogen and oxygen atoms in total. The molecule has 1 N–H and O–H groups in total. The molecule has 0 saturated carbocycles. The second kappa shape index (κ2) is 7.60. The van der Waals surface area contributed by atoms with Crippen LogP contribution < -0.4 is 0 Å². The number of carboxylic acid groups (broad SMARTS) is 1. The summed E-state index contributed by atoms with van der Waals surface area (Å²) in [5.74, 6) is -1.72. The van der Waals surface area contributed by atoms with Crippen molar-refractivity contribution in [2.24, 2.45) is 0 Å². The third-order valence-electron chi connectivity index (χ3n) is 2.09. The average Bonchev–Trinajstić information content (AvgIpc) is 2.15. The zero-order valence-electron chi connectivity index (χ0n) is 10.4. The van der Waals surface area contributed by atoms with Crippen molar-refractivity contribution in [1.82, 2.24) is 0 Å². The van der Waals surface area contributed by atoms with E-state index in [4.69, 9.17) is 9.84 Å². The molecule has 0 aromatic carbocycles. The lowest BCUT2D eigenvalue weighted by atomic mass is 10.1. The van der Waals surface area contributed by atoms with Gasteiger partial charge in [0.15, 0.2) is 0 Å². The molecule has 0 aromatic rings. The van der Waals surface area contributed by atoms with Gasteiger partial charge >= 0.3 is 11.9 Å². The molecule has 0 aliphatic heterocycles. The van der Waals surface area contributed by atoms with Crippen molar-refractivity contribution < 1.29 is 24.2 Å². The van der Waals surface area contributed by atoms with Crippen LogP contribution in [0.15, 0.2) is 11.6 Å². The maximum Gasteiger partial charge on any atom is 0.330 e. The Morgan fingerprint density at radius 3 is 2.35 bits per heavy atom. The van der Waals surface area contributed by atoms with Gasteiger partial charge in [0, 0.05) is 5.57 Å². The lowest BCUT2D eigenvalue weighted by Crippen LogP contribution is -2.16. The Labute approximate surface area is 100 Å². The molecule has 0 saturated heterocycles. The predicted molar refractivity (Wildman–Crippen MR) is 61.5 cm³/mol. The summed E-state index contributed by atoms with van der Waals surface area (Å²) in [6.07, 6.45) is 2.10. The number of ether oxygens (including phenoxy) is 1. The Balaban J connectivity index is 3.91. The molecule has 0 aliphatic rings. The highest BCUT2D eigenvalue weighted by molar-refractivity contribution is 5.94. The van der Waals surface area contributed by atoms with Crippen molar-refractivity contribution in [3.05, 3.63) is 11.6 Å². The highest BCUT2D eigenvalue weighted by Crippen LogP contribution is 2.06. The first-order valence-electron chi connectivity index (χ1n) is 5.42. The van der Waals surface area contributed by atoms with Crippen molar-refractivity contribution in [3.8, 4) is 0 Å². The van der Waals surface area contributed by atoms with Crippen LogP contribution in [-0.2, 0) is 19.1 Å². The summed E-state index contributed by atoms with van der Waals surface area (Å²) in [6, 6.07) is 0. The number of hydrogen-bond donors (Lipinski definition) is 1. The Morgan fingerprint density at radius 2 is 1.88 bits per heavy atom. The van der Waals surface area contributed by atoms with Gasteiger partial charge in [-0.15, -0.1) is 0 Å². The highest BCUT2D eigenvalue weighted by Gasteiger charge is 2.11. The van der Waals surface area contributed by atoms with Crippen LogP contribution in [0, 0.1) is 0 Å². The van der Waals surface area contributed by atoms with E-state index in [2.05, 4.69) is 0 Å². The van der Waals surface area contributed by atoms with E-state index in [9.17, 15) is 14.4 Å². The zero-order chi connectivity index (χ0) is 13.4. The molecular weight excluding hydrogens is 224 g/mol. The summed E-state index contributed by atoms with van der Waals surface area (Å²) in [7, 11) is 0. The largest absolute Gasteiger partial charge is 0.478 e. The third kappa shape index (κ3) is 8.19. The number of hydrogen-bond acceptors (Lipinski definition) is 4. The lowest BCUT2D eigenvalue weighted by Gasteiger charge is -2.11. The van der Waals surface area contributed by atoms with Crippen molar-refractivity contribution in [1.29, 1.82) is 0 Å². The first kappa shape index (κ1) is 15.3. The summed E-state index contributed by atoms with van der Waals surface area (Å²) in [5.41, 5.74) is 0.271. The number of Topliss-reactive ketones (excluding diaryl/α,β-unsaturated/α-hetero) is 1. The number of carbonyl (C=O) groups is 3. The molecule has 0 rings (SSSR count). The maximum absolute atomic E-state index is 11.1.